The number of nitro benzene ring substituents is 1. The first-order valence-electron chi connectivity index (χ1n) is 7.62. The minimum absolute atomic E-state index is 0.149. The van der Waals surface area contributed by atoms with E-state index in [1.54, 1.807) is 0 Å². The number of rotatable bonds is 6. The highest BCUT2D eigenvalue weighted by atomic mass is 19.1. The van der Waals surface area contributed by atoms with Gasteiger partial charge < -0.3 is 10.1 Å². The van der Waals surface area contributed by atoms with Gasteiger partial charge in [-0.3, -0.25) is 14.9 Å². The Hall–Kier alpha value is -3.89. The molecular weight excluding hydrogens is 359 g/mol. The van der Waals surface area contributed by atoms with Crippen LogP contribution in [0.2, 0.25) is 0 Å². The Morgan fingerprint density at radius 2 is 2.04 bits per heavy atom. The molecule has 3 aromatic rings. The summed E-state index contributed by atoms with van der Waals surface area (Å²) in [5, 5.41) is 25.0. The van der Waals surface area contributed by atoms with Gasteiger partial charge in [0.15, 0.2) is 0 Å². The summed E-state index contributed by atoms with van der Waals surface area (Å²) in [6.07, 6.45) is 0. The van der Waals surface area contributed by atoms with Crippen LogP contribution in [0.15, 0.2) is 42.5 Å². The van der Waals surface area contributed by atoms with Gasteiger partial charge in [-0.25, -0.2) is 4.39 Å². The number of anilines is 1. The van der Waals surface area contributed by atoms with Crippen molar-refractivity contribution in [2.45, 2.75) is 6.54 Å². The third kappa shape index (κ3) is 4.21. The molecule has 0 aliphatic carbocycles. The van der Waals surface area contributed by atoms with Crippen LogP contribution in [-0.4, -0.2) is 38.1 Å². The number of carbonyl (C=O) groups is 1. The molecule has 1 N–H and O–H groups in total. The Labute approximate surface area is 151 Å². The van der Waals surface area contributed by atoms with Crippen molar-refractivity contribution in [3.05, 3.63) is 58.4 Å². The lowest BCUT2D eigenvalue weighted by Gasteiger charge is -2.09. The molecule has 0 aliphatic heterocycles. The van der Waals surface area contributed by atoms with Gasteiger partial charge in [0.25, 0.3) is 5.69 Å². The first-order valence-corrected chi connectivity index (χ1v) is 7.62. The number of aromatic nitrogens is 4. The predicted molar refractivity (Wildman–Crippen MR) is 91.5 cm³/mol. The highest BCUT2D eigenvalue weighted by molar-refractivity contribution is 5.92. The zero-order valence-corrected chi connectivity index (χ0v) is 14.0. The summed E-state index contributed by atoms with van der Waals surface area (Å²) in [5.74, 6) is -0.473. The average Bonchev–Trinajstić information content (AvgIpc) is 3.10. The van der Waals surface area contributed by atoms with Crippen LogP contribution in [0.1, 0.15) is 0 Å². The van der Waals surface area contributed by atoms with E-state index in [-0.39, 0.29) is 35.3 Å². The van der Waals surface area contributed by atoms with Crippen molar-refractivity contribution in [1.29, 1.82) is 0 Å². The van der Waals surface area contributed by atoms with Crippen LogP contribution in [0.3, 0.4) is 0 Å². The molecule has 27 heavy (non-hydrogen) atoms. The highest BCUT2D eigenvalue weighted by Crippen LogP contribution is 2.28. The number of nitrogens with one attached hydrogen (secondary N) is 1. The Bertz CT molecular complexity index is 989. The fraction of sp³-hybridized carbons (Fsp3) is 0.125. The zero-order chi connectivity index (χ0) is 19.4. The van der Waals surface area contributed by atoms with Crippen molar-refractivity contribution in [2.75, 3.05) is 12.4 Å². The standard InChI is InChI=1S/C16H13FN6O4/c1-27-14-8-12(23(25)26)6-7-13(14)18-15(24)9-22-20-16(19-21-22)10-2-4-11(17)5-3-10/h2-8H,9H2,1H3,(H,18,24). The molecule has 0 aliphatic rings. The molecule has 0 radical (unpaired) electrons. The predicted octanol–water partition coefficient (Wildman–Crippen LogP) is 2.03. The molecule has 1 heterocycles. The second-order valence-corrected chi connectivity index (χ2v) is 5.34. The molecule has 2 aromatic carbocycles. The molecular formula is C16H13FN6O4. The van der Waals surface area contributed by atoms with E-state index in [1.165, 1.54) is 49.6 Å². The maximum Gasteiger partial charge on any atom is 0.273 e. The normalized spacial score (nSPS) is 10.4. The number of halogens is 1. The summed E-state index contributed by atoms with van der Waals surface area (Å²) in [6.45, 7) is -0.242. The Balaban J connectivity index is 1.69. The number of nitro groups is 1. The van der Waals surface area contributed by atoms with Crippen LogP contribution in [-0.2, 0) is 11.3 Å². The molecule has 0 bridgehead atoms. The SMILES string of the molecule is COc1cc([N+](=O)[O-])ccc1NC(=O)Cn1nnc(-c2ccc(F)cc2)n1. The van der Waals surface area contributed by atoms with Crippen molar-refractivity contribution in [3.63, 3.8) is 0 Å². The summed E-state index contributed by atoms with van der Waals surface area (Å²) in [4.78, 5) is 23.5. The van der Waals surface area contributed by atoms with E-state index < -0.39 is 10.8 Å². The molecule has 0 unspecified atom stereocenters. The molecule has 0 spiro atoms. The van der Waals surface area contributed by atoms with Gasteiger partial charge in [-0.2, -0.15) is 4.80 Å². The van der Waals surface area contributed by atoms with Crippen LogP contribution < -0.4 is 10.1 Å². The number of methoxy groups -OCH3 is 1. The Morgan fingerprint density at radius 3 is 2.70 bits per heavy atom. The minimum atomic E-state index is -0.565. The minimum Gasteiger partial charge on any atom is -0.494 e. The lowest BCUT2D eigenvalue weighted by molar-refractivity contribution is -0.384. The molecule has 0 fully saturated rings. The lowest BCUT2D eigenvalue weighted by Crippen LogP contribution is -2.20. The molecule has 0 atom stereocenters. The lowest BCUT2D eigenvalue weighted by atomic mass is 10.2. The third-order valence-corrected chi connectivity index (χ3v) is 3.51. The maximum absolute atomic E-state index is 13.0. The van der Waals surface area contributed by atoms with Crippen LogP contribution in [0.5, 0.6) is 5.75 Å². The van der Waals surface area contributed by atoms with Gasteiger partial charge >= 0.3 is 0 Å². The van der Waals surface area contributed by atoms with E-state index in [2.05, 4.69) is 20.7 Å². The summed E-state index contributed by atoms with van der Waals surface area (Å²) in [7, 11) is 1.34. The number of benzene rings is 2. The number of carbonyl (C=O) groups excluding carboxylic acids is 1. The number of nitrogens with zero attached hydrogens (tertiary/aromatic N) is 5. The number of hydrogen-bond donors (Lipinski definition) is 1. The van der Waals surface area contributed by atoms with Crippen LogP contribution in [0.25, 0.3) is 11.4 Å². The molecule has 1 amide bonds. The molecule has 0 saturated heterocycles. The van der Waals surface area contributed by atoms with Gasteiger partial charge in [-0.05, 0) is 35.5 Å². The number of non-ortho nitro benzene ring substituents is 1. The first-order chi connectivity index (χ1) is 13.0. The molecule has 3 rings (SSSR count). The molecule has 10 nitrogen and oxygen atoms in total. The van der Waals surface area contributed by atoms with E-state index in [1.807, 2.05) is 0 Å². The van der Waals surface area contributed by atoms with Crippen molar-refractivity contribution in [3.8, 4) is 17.1 Å². The average molecular weight is 372 g/mol. The van der Waals surface area contributed by atoms with E-state index in [9.17, 15) is 19.3 Å². The van der Waals surface area contributed by atoms with Gasteiger partial charge in [-0.15, -0.1) is 10.2 Å². The second kappa shape index (κ2) is 7.56. The first kappa shape index (κ1) is 17.9. The van der Waals surface area contributed by atoms with Gasteiger partial charge in [-0.1, -0.05) is 0 Å². The van der Waals surface area contributed by atoms with Gasteiger partial charge in [0.2, 0.25) is 11.7 Å². The second-order valence-electron chi connectivity index (χ2n) is 5.34. The quantitative estimate of drug-likeness (QED) is 0.518. The summed E-state index contributed by atoms with van der Waals surface area (Å²) < 4.78 is 18.0. The molecule has 1 aromatic heterocycles. The summed E-state index contributed by atoms with van der Waals surface area (Å²) in [5.41, 5.74) is 0.666. The van der Waals surface area contributed by atoms with E-state index >= 15 is 0 Å². The topological polar surface area (TPSA) is 125 Å². The van der Waals surface area contributed by atoms with Crippen LogP contribution in [0.4, 0.5) is 15.8 Å². The fourth-order valence-electron chi connectivity index (χ4n) is 2.24. The largest absolute Gasteiger partial charge is 0.494 e. The number of ether oxygens (including phenoxy) is 1. The summed E-state index contributed by atoms with van der Waals surface area (Å²) in [6, 6.07) is 9.35. The van der Waals surface area contributed by atoms with Gasteiger partial charge in [0, 0.05) is 11.6 Å². The number of hydrogen-bond acceptors (Lipinski definition) is 7. The Morgan fingerprint density at radius 1 is 1.30 bits per heavy atom. The van der Waals surface area contributed by atoms with E-state index in [0.717, 1.165) is 4.80 Å². The molecule has 0 saturated carbocycles. The van der Waals surface area contributed by atoms with Crippen LogP contribution >= 0.6 is 0 Å². The van der Waals surface area contributed by atoms with Crippen molar-refractivity contribution in [1.82, 2.24) is 20.2 Å². The Kier molecular flexibility index (Phi) is 5.01. The van der Waals surface area contributed by atoms with E-state index in [4.69, 9.17) is 4.74 Å². The monoisotopic (exact) mass is 372 g/mol. The summed E-state index contributed by atoms with van der Waals surface area (Å²) >= 11 is 0. The molecule has 11 heteroatoms. The van der Waals surface area contributed by atoms with Crippen molar-refractivity contribution in [2.24, 2.45) is 0 Å². The highest BCUT2D eigenvalue weighted by Gasteiger charge is 2.15. The fourth-order valence-corrected chi connectivity index (χ4v) is 2.24. The van der Waals surface area contributed by atoms with E-state index in [0.29, 0.717) is 5.56 Å². The number of amides is 1. The number of tetrazole rings is 1. The maximum atomic E-state index is 13.0. The van der Waals surface area contributed by atoms with Crippen molar-refractivity contribution < 1.29 is 18.8 Å². The van der Waals surface area contributed by atoms with Crippen molar-refractivity contribution >= 4 is 17.3 Å². The van der Waals surface area contributed by atoms with Gasteiger partial charge in [0.05, 0.1) is 23.8 Å². The zero-order valence-electron chi connectivity index (χ0n) is 14.0. The molecule has 138 valence electrons. The smallest absolute Gasteiger partial charge is 0.273 e. The van der Waals surface area contributed by atoms with Gasteiger partial charge in [0.1, 0.15) is 18.1 Å². The third-order valence-electron chi connectivity index (χ3n) is 3.51. The van der Waals surface area contributed by atoms with Crippen LogP contribution in [0, 0.1) is 15.9 Å².